The molecule has 98 heavy (non-hydrogen) atoms. The summed E-state index contributed by atoms with van der Waals surface area (Å²) in [5, 5.41) is 160. The van der Waals surface area contributed by atoms with Crippen LogP contribution in [0, 0.1) is 5.92 Å². The Morgan fingerprint density at radius 1 is 0.561 bits per heavy atom. The van der Waals surface area contributed by atoms with Crippen molar-refractivity contribution in [2.45, 2.75) is 353 Å². The number of aliphatic hydroxyl groups excluding tert-OH is 14. The van der Waals surface area contributed by atoms with Crippen LogP contribution in [0.5, 0.6) is 0 Å². The van der Waals surface area contributed by atoms with Gasteiger partial charge < -0.3 is 129 Å². The molecule has 2 amide bonds. The number of carbonyl (C=O) groups excluding carboxylic acids is 2. The van der Waals surface area contributed by atoms with Crippen molar-refractivity contribution in [3.63, 3.8) is 0 Å². The number of carbonyl (C=O) groups is 2. The molecule has 7 rings (SSSR count). The molecular formula is C65H118N2O30S. The van der Waals surface area contributed by atoms with Crippen LogP contribution < -0.4 is 10.6 Å². The number of fused-ring (bicyclic) bond motifs is 3. The van der Waals surface area contributed by atoms with E-state index in [1.165, 1.54) is 116 Å². The van der Waals surface area contributed by atoms with E-state index in [9.17, 15) is 94.1 Å². The molecule has 1 unspecified atom stereocenters. The van der Waals surface area contributed by atoms with Crippen LogP contribution in [0.3, 0.4) is 0 Å². The lowest BCUT2D eigenvalue weighted by Gasteiger charge is -2.55. The van der Waals surface area contributed by atoms with Crippen molar-refractivity contribution in [2.75, 3.05) is 39.6 Å². The molecule has 7 aliphatic heterocycles. The van der Waals surface area contributed by atoms with Gasteiger partial charge in [-0.3, -0.25) is 14.1 Å². The maximum atomic E-state index is 13.5. The lowest BCUT2D eigenvalue weighted by molar-refractivity contribution is -0.392. The Morgan fingerprint density at radius 3 is 1.47 bits per heavy atom. The maximum Gasteiger partial charge on any atom is 0.397 e. The third-order valence-electron chi connectivity index (χ3n) is 19.7. The first kappa shape index (κ1) is 84.8. The highest BCUT2D eigenvalue weighted by Crippen LogP contribution is 2.42. The van der Waals surface area contributed by atoms with Gasteiger partial charge in [0.1, 0.15) is 116 Å². The van der Waals surface area contributed by atoms with Crippen molar-refractivity contribution >= 4 is 22.2 Å². The number of hydrogen-bond donors (Lipinski definition) is 17. The summed E-state index contributed by atoms with van der Waals surface area (Å²) in [5.41, 5.74) is 0. The summed E-state index contributed by atoms with van der Waals surface area (Å²) in [5.74, 6) is -4.60. The van der Waals surface area contributed by atoms with Crippen LogP contribution in [-0.2, 0) is 71.5 Å². The van der Waals surface area contributed by atoms with Gasteiger partial charge in [-0.2, -0.15) is 8.42 Å². The highest BCUT2D eigenvalue weighted by atomic mass is 32.3. The second-order valence-electron chi connectivity index (χ2n) is 27.4. The number of amides is 2. The van der Waals surface area contributed by atoms with Crippen LogP contribution >= 0.6 is 0 Å². The van der Waals surface area contributed by atoms with Gasteiger partial charge in [-0.1, -0.05) is 168 Å². The summed E-state index contributed by atoms with van der Waals surface area (Å²) in [6, 6.07) is -3.28. The second-order valence-corrected chi connectivity index (χ2v) is 28.5. The average molecular weight is 1440 g/mol. The summed E-state index contributed by atoms with van der Waals surface area (Å²) in [4.78, 5) is 26.4. The molecule has 7 fully saturated rings. The summed E-state index contributed by atoms with van der Waals surface area (Å²) in [7, 11) is -5.39. The molecule has 7 aliphatic rings. The number of rotatable bonds is 47. The number of aliphatic hydroxyl groups is 14. The number of morpholine rings is 1. The smallest absolute Gasteiger partial charge is 0.394 e. The lowest BCUT2D eigenvalue weighted by atomic mass is 9.84. The van der Waals surface area contributed by atoms with Crippen LogP contribution in [0.15, 0.2) is 0 Å². The molecule has 7 saturated heterocycles. The fraction of sp³-hybridized carbons (Fsp3) is 0.969. The minimum Gasteiger partial charge on any atom is -0.394 e. The van der Waals surface area contributed by atoms with E-state index in [0.717, 1.165) is 58.3 Å². The van der Waals surface area contributed by atoms with E-state index in [0.29, 0.717) is 0 Å². The Labute approximate surface area is 575 Å². The largest absolute Gasteiger partial charge is 0.397 e. The normalized spacial score (nSPS) is 36.7. The fourth-order valence-corrected chi connectivity index (χ4v) is 14.2. The molecule has 0 aromatic carbocycles. The zero-order valence-electron chi connectivity index (χ0n) is 57.1. The van der Waals surface area contributed by atoms with Crippen molar-refractivity contribution in [1.29, 1.82) is 0 Å². The number of hydrogen-bond acceptors (Lipinski definition) is 29. The lowest BCUT2D eigenvalue weighted by Crippen LogP contribution is -2.77. The number of unbranched alkanes of at least 4 members (excludes halogenated alkanes) is 22. The first-order chi connectivity index (χ1) is 46.9. The summed E-state index contributed by atoms with van der Waals surface area (Å²) in [6.45, 7) is 0.388. The first-order valence-corrected chi connectivity index (χ1v) is 37.2. The standard InChI is InChI=1S/C65H118N2O30S/c1-4-6-8-10-12-14-16-18-20-22-24-26-28-38(29-27-25-23-21-19-17-15-13-11-9-7-5-2)35-87-61-52(80)51(79)55(43(34-71)91-61)93-62-53(81)58(48(76)41(32-69)89-62)95-60-46(66-37(3)72)50(78)56(44(92-60)36-88-98(84,85)86)94-63-54(82)59(49(77)42(33-70)90-63)97-65-30-39(73)45(67-64(65)83)57(96-65)47(75)40(74)31-68/h38-63,68-71,73-82H,4-36H2,1-3H3,(H,66,72)(H,67,83)(H,84,85,86)/t39-,40+,41+,42+,43+,44+,45+,46+,47+,48-,49-,50+,51+,52+,53+,54+,55+,56+,57+,58-,59-,60-,61+,62-,63-,65?/m0/s1. The first-order valence-electron chi connectivity index (χ1n) is 35.9. The van der Waals surface area contributed by atoms with E-state index in [1.54, 1.807) is 0 Å². The molecule has 33 heteroatoms. The molecular weight excluding hydrogens is 1320 g/mol. The van der Waals surface area contributed by atoms with Gasteiger partial charge >= 0.3 is 10.4 Å². The highest BCUT2D eigenvalue weighted by molar-refractivity contribution is 7.80. The summed E-state index contributed by atoms with van der Waals surface area (Å²) < 4.78 is 98.1. The minimum atomic E-state index is -5.39. The molecule has 0 aromatic heterocycles. The van der Waals surface area contributed by atoms with Gasteiger partial charge in [0, 0.05) is 13.3 Å². The summed E-state index contributed by atoms with van der Waals surface area (Å²) in [6.07, 6.45) is -14.6. The van der Waals surface area contributed by atoms with Crippen molar-refractivity contribution in [3.05, 3.63) is 0 Å². The Hall–Kier alpha value is -2.15. The van der Waals surface area contributed by atoms with Crippen LogP contribution in [0.4, 0.5) is 0 Å². The van der Waals surface area contributed by atoms with Crippen LogP contribution in [0.1, 0.15) is 194 Å². The van der Waals surface area contributed by atoms with Crippen molar-refractivity contribution < 1.29 is 146 Å². The predicted octanol–water partition coefficient (Wildman–Crippen LogP) is -0.872. The molecule has 7 heterocycles. The molecule has 26 atom stereocenters. The fourth-order valence-electron chi connectivity index (χ4n) is 13.9. The Balaban J connectivity index is 1.13. The number of piperidine rings is 1. The third-order valence-corrected chi connectivity index (χ3v) is 20.1. The monoisotopic (exact) mass is 1440 g/mol. The predicted molar refractivity (Wildman–Crippen MR) is 343 cm³/mol. The van der Waals surface area contributed by atoms with E-state index < -0.39 is 221 Å². The second kappa shape index (κ2) is 42.7. The molecule has 574 valence electrons. The SMILES string of the molecule is CCCCCCCCCCCCCCC(CCCCCCCCCCCCCC)CO[C@@H]1O[C@H](CO)[C@@H](O[C@@H]2O[C@H](CO)[C@H](O)[C@H](O[C@@H]3O[C@H](COS(=O)(=O)O)[C@@H](O[C@@H]4O[C@H](CO)[C@H](O)[C@H](OC56C[C@H](O)[C@@H](NC5=O)[C@H]([C@H](O)[C@H](O)CO)O6)[C@H]4O)[C@H](O)[C@H]3NC(C)=O)[C@H]2O)[C@H](O)[C@H]1O. The average Bonchev–Trinajstić information content (AvgIpc) is 0.758. The van der Waals surface area contributed by atoms with Crippen molar-refractivity contribution in [2.24, 2.45) is 5.92 Å². The van der Waals surface area contributed by atoms with E-state index in [2.05, 4.69) is 28.7 Å². The van der Waals surface area contributed by atoms with E-state index in [1.807, 2.05) is 0 Å². The molecule has 0 radical (unpaired) electrons. The zero-order chi connectivity index (χ0) is 71.7. The van der Waals surface area contributed by atoms with Gasteiger partial charge in [0.05, 0.1) is 51.8 Å². The van der Waals surface area contributed by atoms with Crippen LogP contribution in [-0.4, -0.2) is 295 Å². The van der Waals surface area contributed by atoms with Gasteiger partial charge in [0.25, 0.3) is 11.7 Å². The van der Waals surface area contributed by atoms with Crippen LogP contribution in [0.25, 0.3) is 0 Å². The molecule has 32 nitrogen and oxygen atoms in total. The number of nitrogens with one attached hydrogen (secondary N) is 2. The van der Waals surface area contributed by atoms with Crippen molar-refractivity contribution in [3.8, 4) is 0 Å². The van der Waals surface area contributed by atoms with Gasteiger partial charge in [-0.15, -0.1) is 0 Å². The Morgan fingerprint density at radius 2 is 1.00 bits per heavy atom. The van der Waals surface area contributed by atoms with E-state index >= 15 is 0 Å². The van der Waals surface area contributed by atoms with Gasteiger partial charge in [0.15, 0.2) is 25.2 Å². The summed E-state index contributed by atoms with van der Waals surface area (Å²) >= 11 is 0. The highest BCUT2D eigenvalue weighted by Gasteiger charge is 2.64. The quantitative estimate of drug-likeness (QED) is 0.0260. The molecule has 0 saturated carbocycles. The Kier molecular flexibility index (Phi) is 37.0. The minimum absolute atomic E-state index is 0.0973. The number of ether oxygens (including phenoxy) is 10. The van der Waals surface area contributed by atoms with Gasteiger partial charge in [-0.25, -0.2) is 4.18 Å². The molecule has 0 aliphatic carbocycles. The molecule has 0 aromatic rings. The topological polar surface area (TPSA) is 497 Å². The molecule has 2 bridgehead atoms. The Bertz CT molecular complexity index is 2330. The van der Waals surface area contributed by atoms with E-state index in [4.69, 9.17) is 47.4 Å². The maximum absolute atomic E-state index is 13.5. The van der Waals surface area contributed by atoms with Crippen LogP contribution in [0.2, 0.25) is 0 Å². The van der Waals surface area contributed by atoms with E-state index in [-0.39, 0.29) is 12.5 Å². The molecule has 0 spiro atoms. The van der Waals surface area contributed by atoms with Crippen molar-refractivity contribution in [1.82, 2.24) is 10.6 Å². The van der Waals surface area contributed by atoms with Gasteiger partial charge in [-0.05, 0) is 18.8 Å². The molecule has 17 N–H and O–H groups in total. The van der Waals surface area contributed by atoms with Gasteiger partial charge in [0.2, 0.25) is 5.91 Å². The third kappa shape index (κ3) is 24.5. The zero-order valence-corrected chi connectivity index (χ0v) is 57.9.